The number of aliphatic hydroxyl groups excluding tert-OH is 2. The minimum absolute atomic E-state index is 0. The van der Waals surface area contributed by atoms with E-state index in [9.17, 15) is 10.2 Å². The molecule has 0 saturated heterocycles. The van der Waals surface area contributed by atoms with Crippen LogP contribution in [0.1, 0.15) is 129 Å². The fourth-order valence-corrected chi connectivity index (χ4v) is 5.26. The number of aliphatic hydroxyl groups is 2. The maximum absolute atomic E-state index is 10.5. The highest BCUT2D eigenvalue weighted by atomic mass is 35.5. The Balaban J connectivity index is -0.00000544. The quantitative estimate of drug-likeness (QED) is 0.130. The van der Waals surface area contributed by atoms with Crippen LogP contribution in [0.4, 0.5) is 0 Å². The molecule has 0 saturated carbocycles. The van der Waals surface area contributed by atoms with Crippen LogP contribution in [-0.2, 0) is 0 Å². The van der Waals surface area contributed by atoms with E-state index in [2.05, 4.69) is 42.0 Å². The predicted molar refractivity (Wildman–Crippen MR) is 150 cm³/mol. The summed E-state index contributed by atoms with van der Waals surface area (Å²) in [6, 6.07) is 0. The molecule has 0 spiro atoms. The highest BCUT2D eigenvalue weighted by Crippen LogP contribution is 2.14. The molecule has 6 heteroatoms. The maximum atomic E-state index is 10.5. The summed E-state index contributed by atoms with van der Waals surface area (Å²) in [6.07, 6.45) is 22.2. The zero-order chi connectivity index (χ0) is 25.7. The molecule has 0 radical (unpaired) electrons. The van der Waals surface area contributed by atoms with E-state index in [0.717, 1.165) is 48.0 Å². The van der Waals surface area contributed by atoms with Gasteiger partial charge in [0.05, 0.1) is 41.3 Å². The third-order valence-electron chi connectivity index (χ3n) is 7.47. The van der Waals surface area contributed by atoms with Crippen molar-refractivity contribution in [3.05, 3.63) is 0 Å². The van der Waals surface area contributed by atoms with Gasteiger partial charge < -0.3 is 44.0 Å². The van der Waals surface area contributed by atoms with Crippen molar-refractivity contribution in [1.29, 1.82) is 0 Å². The van der Waals surface area contributed by atoms with E-state index >= 15 is 0 Å². The first-order valence-corrected chi connectivity index (χ1v) is 15.1. The van der Waals surface area contributed by atoms with Gasteiger partial charge in [-0.1, -0.05) is 90.9 Å². The summed E-state index contributed by atoms with van der Waals surface area (Å²) in [6.45, 7) is 8.60. The first-order chi connectivity index (χ1) is 16.1. The Hall–Kier alpha value is 0.420. The second kappa shape index (κ2) is 25.7. The lowest BCUT2D eigenvalue weighted by Gasteiger charge is -2.33. The van der Waals surface area contributed by atoms with Crippen LogP contribution in [0.3, 0.4) is 0 Å². The van der Waals surface area contributed by atoms with Crippen molar-refractivity contribution < 1.29 is 44.0 Å². The van der Waals surface area contributed by atoms with Crippen molar-refractivity contribution >= 4 is 0 Å². The van der Waals surface area contributed by atoms with Crippen LogP contribution in [0.5, 0.6) is 0 Å². The topological polar surface area (TPSA) is 40.5 Å². The fourth-order valence-electron chi connectivity index (χ4n) is 5.26. The van der Waals surface area contributed by atoms with E-state index in [1.807, 2.05) is 0 Å². The molecule has 0 fully saturated rings. The van der Waals surface area contributed by atoms with Crippen LogP contribution >= 0.6 is 0 Å². The van der Waals surface area contributed by atoms with Crippen LogP contribution in [-0.4, -0.2) is 85.8 Å². The fraction of sp³-hybridized carbons (Fsp3) is 1.00. The molecule has 0 aromatic carbocycles. The van der Waals surface area contributed by atoms with Gasteiger partial charge in [-0.3, -0.25) is 0 Å². The van der Waals surface area contributed by atoms with Crippen LogP contribution in [0.2, 0.25) is 0 Å². The van der Waals surface area contributed by atoms with E-state index in [-0.39, 0.29) is 37.0 Å². The molecule has 0 amide bonds. The van der Waals surface area contributed by atoms with Crippen LogP contribution in [0.15, 0.2) is 0 Å². The molecule has 2 atom stereocenters. The zero-order valence-corrected chi connectivity index (χ0v) is 26.8. The first kappa shape index (κ1) is 40.9. The van der Waals surface area contributed by atoms with E-state index in [4.69, 9.17) is 0 Å². The zero-order valence-electron chi connectivity index (χ0n) is 25.3. The number of nitrogens with zero attached hydrogens (tertiary/aromatic N) is 2. The maximum Gasteiger partial charge on any atom is 0.105 e. The van der Waals surface area contributed by atoms with Crippen molar-refractivity contribution in [2.45, 2.75) is 142 Å². The Bertz CT molecular complexity index is 411. The second-order valence-corrected chi connectivity index (χ2v) is 12.5. The largest absolute Gasteiger partial charge is 1.00 e. The molecule has 0 rings (SSSR count). The van der Waals surface area contributed by atoms with Gasteiger partial charge in [-0.25, -0.2) is 0 Å². The summed E-state index contributed by atoms with van der Waals surface area (Å²) in [5.74, 6) is 0. The van der Waals surface area contributed by atoms with Crippen molar-refractivity contribution in [3.8, 4) is 0 Å². The molecule has 36 heavy (non-hydrogen) atoms. The minimum atomic E-state index is -0.151. The van der Waals surface area contributed by atoms with Crippen molar-refractivity contribution in [3.63, 3.8) is 0 Å². The Morgan fingerprint density at radius 2 is 0.722 bits per heavy atom. The number of unbranched alkanes of at least 4 members (excludes halogenated alkanes) is 13. The average Bonchev–Trinajstić information content (AvgIpc) is 2.74. The summed E-state index contributed by atoms with van der Waals surface area (Å²) in [5.41, 5.74) is 0. The standard InChI is InChI=1S/C30H66N2O2.2ClH/c1-7-9-11-13-15-19-23-29(33)27-31(3,4)25-21-17-18-22-26-32(5,6)28-30(34)24-20-16-14-12-10-8-2;;/h29-30,33-34H,7-28H2,1-6H3;2*1H/q+2;;/p-2. The van der Waals surface area contributed by atoms with Gasteiger partial charge in [0.25, 0.3) is 0 Å². The number of likely N-dealkylation sites (N-methyl/N-ethyl adjacent to an activating group) is 2. The molecule has 0 aromatic rings. The van der Waals surface area contributed by atoms with Crippen molar-refractivity contribution in [1.82, 2.24) is 0 Å². The third kappa shape index (κ3) is 27.5. The number of hydrogen-bond acceptors (Lipinski definition) is 2. The third-order valence-corrected chi connectivity index (χ3v) is 7.47. The van der Waals surface area contributed by atoms with E-state index in [1.54, 1.807) is 0 Å². The van der Waals surface area contributed by atoms with Gasteiger partial charge in [-0.05, 0) is 38.5 Å². The molecule has 0 aliphatic rings. The van der Waals surface area contributed by atoms with E-state index in [0.29, 0.717) is 0 Å². The van der Waals surface area contributed by atoms with Gasteiger partial charge >= 0.3 is 0 Å². The molecular formula is C30H66Cl2N2O2. The normalized spacial score (nSPS) is 13.7. The molecule has 222 valence electrons. The van der Waals surface area contributed by atoms with Gasteiger partial charge in [0.15, 0.2) is 0 Å². The lowest BCUT2D eigenvalue weighted by Crippen LogP contribution is -3.00. The number of halogens is 2. The molecule has 2 unspecified atom stereocenters. The van der Waals surface area contributed by atoms with Crippen LogP contribution in [0, 0.1) is 0 Å². The second-order valence-electron chi connectivity index (χ2n) is 12.5. The van der Waals surface area contributed by atoms with Crippen molar-refractivity contribution in [2.24, 2.45) is 0 Å². The molecular weight excluding hydrogens is 491 g/mol. The molecule has 0 aromatic heterocycles. The number of quaternary nitrogens is 2. The molecule has 0 aliphatic carbocycles. The van der Waals surface area contributed by atoms with Gasteiger partial charge in [0.2, 0.25) is 0 Å². The molecule has 2 N–H and O–H groups in total. The first-order valence-electron chi connectivity index (χ1n) is 15.1. The minimum Gasteiger partial charge on any atom is -1.00 e. The SMILES string of the molecule is CCCCCCCCC(O)C[N+](C)(C)CCCCCC[N+](C)(C)CC(O)CCCCCCCC.[Cl-].[Cl-]. The molecule has 0 bridgehead atoms. The lowest BCUT2D eigenvalue weighted by atomic mass is 10.1. The van der Waals surface area contributed by atoms with Gasteiger partial charge in [0, 0.05) is 0 Å². The Kier molecular flexibility index (Phi) is 29.2. The summed E-state index contributed by atoms with van der Waals surface area (Å²) in [5, 5.41) is 20.9. The Morgan fingerprint density at radius 3 is 1.06 bits per heavy atom. The summed E-state index contributed by atoms with van der Waals surface area (Å²) in [7, 11) is 9.09. The highest BCUT2D eigenvalue weighted by molar-refractivity contribution is 4.58. The van der Waals surface area contributed by atoms with Gasteiger partial charge in [-0.15, -0.1) is 0 Å². The lowest BCUT2D eigenvalue weighted by molar-refractivity contribution is -0.894. The Labute approximate surface area is 239 Å². The molecule has 0 heterocycles. The van der Waals surface area contributed by atoms with Crippen molar-refractivity contribution in [2.75, 3.05) is 54.4 Å². The van der Waals surface area contributed by atoms with E-state index < -0.39 is 0 Å². The summed E-state index contributed by atoms with van der Waals surface area (Å²) < 4.78 is 1.87. The smallest absolute Gasteiger partial charge is 0.105 e. The van der Waals surface area contributed by atoms with Crippen LogP contribution < -0.4 is 24.8 Å². The highest BCUT2D eigenvalue weighted by Gasteiger charge is 2.21. The summed E-state index contributed by atoms with van der Waals surface area (Å²) >= 11 is 0. The van der Waals surface area contributed by atoms with Gasteiger partial charge in [-0.2, -0.15) is 0 Å². The monoisotopic (exact) mass is 556 g/mol. The Morgan fingerprint density at radius 1 is 0.444 bits per heavy atom. The van der Waals surface area contributed by atoms with Gasteiger partial charge in [0.1, 0.15) is 25.3 Å². The molecule has 0 aliphatic heterocycles. The number of rotatable bonds is 25. The molecule has 4 nitrogen and oxygen atoms in total. The average molecular weight is 558 g/mol. The predicted octanol–water partition coefficient (Wildman–Crippen LogP) is 0.931. The number of hydrogen-bond donors (Lipinski definition) is 2. The van der Waals surface area contributed by atoms with Crippen LogP contribution in [0.25, 0.3) is 0 Å². The van der Waals surface area contributed by atoms with E-state index in [1.165, 1.54) is 103 Å². The summed E-state index contributed by atoms with van der Waals surface area (Å²) in [4.78, 5) is 0.